The summed E-state index contributed by atoms with van der Waals surface area (Å²) in [6, 6.07) is 15.7. The van der Waals surface area contributed by atoms with E-state index in [1.54, 1.807) is 55.9 Å². The number of nitrogens with zero attached hydrogens (tertiary/aromatic N) is 2. The van der Waals surface area contributed by atoms with E-state index in [0.717, 1.165) is 16.2 Å². The molecule has 0 fully saturated rings. The molecule has 0 saturated heterocycles. The summed E-state index contributed by atoms with van der Waals surface area (Å²) in [5, 5.41) is 8.03. The average Bonchev–Trinajstić information content (AvgIpc) is 3.52. The molecule has 0 bridgehead atoms. The Kier molecular flexibility index (Phi) is 6.60. The number of ether oxygens (including phenoxy) is 3. The first kappa shape index (κ1) is 22.3. The van der Waals surface area contributed by atoms with Gasteiger partial charge in [-0.2, -0.15) is 5.10 Å². The van der Waals surface area contributed by atoms with Crippen LogP contribution in [0.2, 0.25) is 0 Å². The van der Waals surface area contributed by atoms with Gasteiger partial charge in [0, 0.05) is 6.42 Å². The van der Waals surface area contributed by atoms with Gasteiger partial charge in [-0.05, 0) is 41.3 Å². The summed E-state index contributed by atoms with van der Waals surface area (Å²) in [6.45, 7) is -0.296. The number of hydrazone groups is 1. The lowest BCUT2D eigenvalue weighted by Gasteiger charge is -2.23. The van der Waals surface area contributed by atoms with Gasteiger partial charge in [0.25, 0.3) is 11.8 Å². The largest absolute Gasteiger partial charge is 0.493 e. The van der Waals surface area contributed by atoms with Crippen molar-refractivity contribution in [3.05, 3.63) is 76.0 Å². The van der Waals surface area contributed by atoms with Gasteiger partial charge in [0.2, 0.25) is 0 Å². The summed E-state index contributed by atoms with van der Waals surface area (Å²) in [6.07, 6.45) is 0.541. The van der Waals surface area contributed by atoms with Crippen LogP contribution in [0.15, 0.2) is 65.1 Å². The zero-order valence-corrected chi connectivity index (χ0v) is 19.0. The van der Waals surface area contributed by atoms with Crippen molar-refractivity contribution in [3.8, 4) is 17.2 Å². The fraction of sp³-hybridized carbons (Fsp3) is 0.208. The zero-order valence-electron chi connectivity index (χ0n) is 18.2. The molecular formula is C24H23N3O5S. The highest BCUT2D eigenvalue weighted by atomic mass is 32.1. The average molecular weight is 466 g/mol. The molecule has 0 spiro atoms. The number of methoxy groups -OCH3 is 2. The van der Waals surface area contributed by atoms with Crippen LogP contribution in [0.3, 0.4) is 0 Å². The third-order valence-corrected chi connectivity index (χ3v) is 6.19. The monoisotopic (exact) mass is 465 g/mol. The minimum absolute atomic E-state index is 0.214. The van der Waals surface area contributed by atoms with Gasteiger partial charge >= 0.3 is 0 Å². The summed E-state index contributed by atoms with van der Waals surface area (Å²) >= 11 is 1.56. The summed E-state index contributed by atoms with van der Waals surface area (Å²) < 4.78 is 16.4. The van der Waals surface area contributed by atoms with Crippen molar-refractivity contribution >= 4 is 28.9 Å². The first-order valence-electron chi connectivity index (χ1n) is 10.2. The highest BCUT2D eigenvalue weighted by molar-refractivity contribution is 7.12. The van der Waals surface area contributed by atoms with Gasteiger partial charge in [0.1, 0.15) is 5.75 Å². The van der Waals surface area contributed by atoms with Gasteiger partial charge in [0.15, 0.2) is 18.1 Å². The molecule has 33 heavy (non-hydrogen) atoms. The zero-order chi connectivity index (χ0) is 23.4. The van der Waals surface area contributed by atoms with Gasteiger partial charge in [0.05, 0.1) is 36.4 Å². The van der Waals surface area contributed by atoms with Crippen LogP contribution in [0.5, 0.6) is 17.2 Å². The molecule has 2 amide bonds. The number of rotatable bonds is 8. The van der Waals surface area contributed by atoms with Crippen molar-refractivity contribution in [1.29, 1.82) is 0 Å². The number of thiophene rings is 1. The molecule has 8 nitrogen and oxygen atoms in total. The Balaban J connectivity index is 1.61. The van der Waals surface area contributed by atoms with Crippen LogP contribution in [0.25, 0.3) is 0 Å². The minimum atomic E-state index is -0.625. The SMILES string of the molecule is COc1ccc(C2CC(c3cccs3)=NN2C(=O)COc2ccccc2C(N)=O)cc1OC. The Morgan fingerprint density at radius 3 is 2.55 bits per heavy atom. The molecule has 170 valence electrons. The van der Waals surface area contributed by atoms with E-state index >= 15 is 0 Å². The Morgan fingerprint density at radius 2 is 1.85 bits per heavy atom. The molecule has 3 aromatic rings. The number of hydrogen-bond donors (Lipinski definition) is 1. The minimum Gasteiger partial charge on any atom is -0.493 e. The third-order valence-electron chi connectivity index (χ3n) is 5.27. The number of benzene rings is 2. The topological polar surface area (TPSA) is 103 Å². The maximum Gasteiger partial charge on any atom is 0.281 e. The van der Waals surface area contributed by atoms with Crippen LogP contribution in [0.1, 0.15) is 33.3 Å². The molecule has 1 unspecified atom stereocenters. The Morgan fingerprint density at radius 1 is 1.06 bits per heavy atom. The number of primary amides is 1. The van der Waals surface area contributed by atoms with Gasteiger partial charge < -0.3 is 19.9 Å². The van der Waals surface area contributed by atoms with E-state index in [4.69, 9.17) is 19.9 Å². The van der Waals surface area contributed by atoms with Crippen LogP contribution >= 0.6 is 11.3 Å². The molecule has 9 heteroatoms. The maximum absolute atomic E-state index is 13.2. The van der Waals surface area contributed by atoms with Crippen LogP contribution < -0.4 is 19.9 Å². The number of carbonyl (C=O) groups excluding carboxylic acids is 2. The third kappa shape index (κ3) is 4.68. The van der Waals surface area contributed by atoms with Crippen molar-refractivity contribution in [2.45, 2.75) is 12.5 Å². The fourth-order valence-corrected chi connectivity index (χ4v) is 4.37. The molecule has 1 atom stereocenters. The lowest BCUT2D eigenvalue weighted by atomic mass is 10.0. The van der Waals surface area contributed by atoms with E-state index in [9.17, 15) is 9.59 Å². The standard InChI is InChI=1S/C24H23N3O5S/c1-30-20-10-9-15(12-21(20)31-2)18-13-17(22-8-5-11-33-22)26-27(18)23(28)14-32-19-7-4-3-6-16(19)24(25)29/h3-12,18H,13-14H2,1-2H3,(H2,25,29). The first-order valence-corrected chi connectivity index (χ1v) is 11.1. The molecule has 2 N–H and O–H groups in total. The number of hydrogen-bond acceptors (Lipinski definition) is 7. The van der Waals surface area contributed by atoms with E-state index in [2.05, 4.69) is 5.10 Å². The molecule has 2 aromatic carbocycles. The second-order valence-corrected chi connectivity index (χ2v) is 8.19. The van der Waals surface area contributed by atoms with E-state index in [-0.39, 0.29) is 29.9 Å². The second-order valence-electron chi connectivity index (χ2n) is 7.25. The molecule has 1 aliphatic heterocycles. The van der Waals surface area contributed by atoms with Crippen molar-refractivity contribution < 1.29 is 23.8 Å². The molecule has 1 aliphatic rings. The summed E-state index contributed by atoms with van der Waals surface area (Å²) in [5.74, 6) is 0.449. The summed E-state index contributed by atoms with van der Waals surface area (Å²) in [5.41, 5.74) is 7.29. The lowest BCUT2D eigenvalue weighted by Crippen LogP contribution is -2.31. The predicted molar refractivity (Wildman–Crippen MR) is 125 cm³/mol. The maximum atomic E-state index is 13.2. The van der Waals surface area contributed by atoms with E-state index in [0.29, 0.717) is 17.9 Å². The molecule has 0 aliphatic carbocycles. The van der Waals surface area contributed by atoms with Crippen molar-refractivity contribution in [3.63, 3.8) is 0 Å². The van der Waals surface area contributed by atoms with E-state index < -0.39 is 5.91 Å². The fourth-order valence-electron chi connectivity index (χ4n) is 3.65. The van der Waals surface area contributed by atoms with Crippen LogP contribution in [-0.2, 0) is 4.79 Å². The van der Waals surface area contributed by atoms with Crippen LogP contribution in [0.4, 0.5) is 0 Å². The van der Waals surface area contributed by atoms with Gasteiger partial charge in [-0.25, -0.2) is 5.01 Å². The van der Waals surface area contributed by atoms with Gasteiger partial charge in [-0.3, -0.25) is 9.59 Å². The summed E-state index contributed by atoms with van der Waals surface area (Å²) in [7, 11) is 3.14. The van der Waals surface area contributed by atoms with Gasteiger partial charge in [-0.1, -0.05) is 24.3 Å². The van der Waals surface area contributed by atoms with Crippen LogP contribution in [-0.4, -0.2) is 43.4 Å². The molecule has 1 aromatic heterocycles. The molecule has 0 saturated carbocycles. The number of nitrogens with two attached hydrogens (primary N) is 1. The lowest BCUT2D eigenvalue weighted by molar-refractivity contribution is -0.135. The normalized spacial score (nSPS) is 15.2. The first-order chi connectivity index (χ1) is 16.0. The highest BCUT2D eigenvalue weighted by Gasteiger charge is 2.34. The van der Waals surface area contributed by atoms with Crippen molar-refractivity contribution in [1.82, 2.24) is 5.01 Å². The number of carbonyl (C=O) groups is 2. The molecular weight excluding hydrogens is 442 g/mol. The van der Waals surface area contributed by atoms with Gasteiger partial charge in [-0.15, -0.1) is 11.3 Å². The number of amides is 2. The smallest absolute Gasteiger partial charge is 0.281 e. The van der Waals surface area contributed by atoms with E-state index in [1.165, 1.54) is 5.01 Å². The number of para-hydroxylation sites is 1. The van der Waals surface area contributed by atoms with Crippen molar-refractivity contribution in [2.24, 2.45) is 10.8 Å². The van der Waals surface area contributed by atoms with Crippen LogP contribution in [0, 0.1) is 0 Å². The second kappa shape index (κ2) is 9.74. The summed E-state index contributed by atoms with van der Waals surface area (Å²) in [4.78, 5) is 25.8. The van der Waals surface area contributed by atoms with Crippen molar-refractivity contribution in [2.75, 3.05) is 20.8 Å². The molecule has 2 heterocycles. The molecule has 0 radical (unpaired) electrons. The Labute approximate surface area is 195 Å². The van der Waals surface area contributed by atoms with E-state index in [1.807, 2.05) is 29.6 Å². The quantitative estimate of drug-likeness (QED) is 0.547. The highest BCUT2D eigenvalue weighted by Crippen LogP contribution is 2.38. The predicted octanol–water partition coefficient (Wildman–Crippen LogP) is 3.62. The Hall–Kier alpha value is -3.85. The Bertz CT molecular complexity index is 1190. The molecule has 4 rings (SSSR count).